The topological polar surface area (TPSA) is 86.7 Å². The molecule has 0 aromatic heterocycles. The van der Waals surface area contributed by atoms with Crippen LogP contribution in [0.15, 0.2) is 11.6 Å². The fourth-order valence-electron chi connectivity index (χ4n) is 6.07. The van der Waals surface area contributed by atoms with E-state index in [1.165, 1.54) is 0 Å². The fourth-order valence-corrected chi connectivity index (χ4v) is 6.07. The molecule has 8 unspecified atom stereocenters. The Bertz CT molecular complexity index is 756. The zero-order valence-electron chi connectivity index (χ0n) is 13.6. The molecule has 4 fully saturated rings. The Morgan fingerprint density at radius 1 is 0.708 bits per heavy atom. The number of fused-ring (bicyclic) bond motifs is 1. The SMILES string of the molecule is CC(C)(C)C1=CC2C3C(=O)OC(=O)C3C1C1C3C(=O)OC(=O)C3C21. The van der Waals surface area contributed by atoms with Gasteiger partial charge in [-0.05, 0) is 29.1 Å². The van der Waals surface area contributed by atoms with E-state index in [1.54, 1.807) is 0 Å². The Morgan fingerprint density at radius 3 is 1.79 bits per heavy atom. The molecule has 6 aliphatic rings. The molecule has 126 valence electrons. The maximum absolute atomic E-state index is 12.3. The summed E-state index contributed by atoms with van der Waals surface area (Å²) in [7, 11) is 0. The van der Waals surface area contributed by atoms with Crippen LogP contribution in [0.4, 0.5) is 0 Å². The molecule has 0 aromatic carbocycles. The number of cyclic esters (lactones) is 4. The first kappa shape index (κ1) is 14.4. The molecule has 6 nitrogen and oxygen atoms in total. The van der Waals surface area contributed by atoms with E-state index in [4.69, 9.17) is 9.47 Å². The first-order valence-electron chi connectivity index (χ1n) is 8.45. The highest BCUT2D eigenvalue weighted by molar-refractivity contribution is 6.01. The molecule has 2 bridgehead atoms. The zero-order chi connectivity index (χ0) is 17.1. The quantitative estimate of drug-likeness (QED) is 0.375. The number of hydrogen-bond donors (Lipinski definition) is 0. The van der Waals surface area contributed by atoms with Gasteiger partial charge in [0.05, 0.1) is 23.7 Å². The van der Waals surface area contributed by atoms with Crippen LogP contribution in [0.5, 0.6) is 0 Å². The van der Waals surface area contributed by atoms with E-state index >= 15 is 0 Å². The van der Waals surface area contributed by atoms with Crippen LogP contribution in [0.25, 0.3) is 0 Å². The summed E-state index contributed by atoms with van der Waals surface area (Å²) in [5.41, 5.74) is 0.926. The van der Waals surface area contributed by atoms with Crippen molar-refractivity contribution in [2.45, 2.75) is 20.8 Å². The second kappa shape index (κ2) is 3.98. The van der Waals surface area contributed by atoms with Crippen molar-refractivity contribution in [3.05, 3.63) is 11.6 Å². The van der Waals surface area contributed by atoms with Crippen LogP contribution in [0.2, 0.25) is 0 Å². The molecular weight excluding hydrogens is 312 g/mol. The number of carbonyl (C=O) groups is 4. The second-order valence-electron chi connectivity index (χ2n) is 8.71. The van der Waals surface area contributed by atoms with Gasteiger partial charge in [0.2, 0.25) is 0 Å². The third kappa shape index (κ3) is 1.40. The van der Waals surface area contributed by atoms with E-state index in [9.17, 15) is 19.2 Å². The molecule has 0 radical (unpaired) electrons. The summed E-state index contributed by atoms with van der Waals surface area (Å²) in [4.78, 5) is 48.7. The standard InChI is InChI=1S/C18H18O6/c1-18(2,3)6-4-5-7-10(13-11(7)15(20)24-17(13)22)9(6)12-8(5)14(19)23-16(12)21/h4-5,7-13H,1-3H3. The highest BCUT2D eigenvalue weighted by Crippen LogP contribution is 2.70. The number of rotatable bonds is 0. The molecule has 2 saturated heterocycles. The van der Waals surface area contributed by atoms with Crippen molar-refractivity contribution in [1.29, 1.82) is 0 Å². The summed E-state index contributed by atoms with van der Waals surface area (Å²) >= 11 is 0. The van der Waals surface area contributed by atoms with E-state index in [1.807, 2.05) is 0 Å². The first-order valence-corrected chi connectivity index (χ1v) is 8.45. The summed E-state index contributed by atoms with van der Waals surface area (Å²) in [6.07, 6.45) is 2.08. The second-order valence-corrected chi connectivity index (χ2v) is 8.71. The minimum absolute atomic E-state index is 0.0928. The Hall–Kier alpha value is -1.98. The number of ether oxygens (including phenoxy) is 2. The van der Waals surface area contributed by atoms with Gasteiger partial charge in [-0.15, -0.1) is 0 Å². The molecule has 0 N–H and O–H groups in total. The lowest BCUT2D eigenvalue weighted by Crippen LogP contribution is -2.65. The van der Waals surface area contributed by atoms with Crippen molar-refractivity contribution in [1.82, 2.24) is 0 Å². The molecule has 24 heavy (non-hydrogen) atoms. The van der Waals surface area contributed by atoms with Gasteiger partial charge in [-0.2, -0.15) is 0 Å². The first-order chi connectivity index (χ1) is 11.2. The summed E-state index contributed by atoms with van der Waals surface area (Å²) in [6, 6.07) is 0. The molecule has 4 aliphatic carbocycles. The maximum atomic E-state index is 12.3. The van der Waals surface area contributed by atoms with Gasteiger partial charge >= 0.3 is 23.9 Å². The highest BCUT2D eigenvalue weighted by Gasteiger charge is 2.76. The van der Waals surface area contributed by atoms with Crippen LogP contribution in [0.3, 0.4) is 0 Å². The molecule has 0 aromatic rings. The van der Waals surface area contributed by atoms with Gasteiger partial charge in [0, 0.05) is 0 Å². The van der Waals surface area contributed by atoms with E-state index in [0.29, 0.717) is 0 Å². The Kier molecular flexibility index (Phi) is 2.38. The fraction of sp³-hybridized carbons (Fsp3) is 0.667. The molecule has 6 heteroatoms. The third-order valence-corrected chi connectivity index (χ3v) is 6.80. The maximum Gasteiger partial charge on any atom is 0.318 e. The van der Waals surface area contributed by atoms with Crippen molar-refractivity contribution in [2.75, 3.05) is 0 Å². The summed E-state index contributed by atoms with van der Waals surface area (Å²) < 4.78 is 9.80. The average Bonchev–Trinajstić information content (AvgIpc) is 2.86. The van der Waals surface area contributed by atoms with Gasteiger partial charge in [0.15, 0.2) is 0 Å². The normalized spacial score (nSPS) is 48.2. The number of carbonyl (C=O) groups excluding carboxylic acids is 4. The van der Waals surface area contributed by atoms with E-state index in [0.717, 1.165) is 5.57 Å². The van der Waals surface area contributed by atoms with Gasteiger partial charge in [0.1, 0.15) is 0 Å². The highest BCUT2D eigenvalue weighted by atomic mass is 16.6. The van der Waals surface area contributed by atoms with Crippen LogP contribution in [-0.4, -0.2) is 23.9 Å². The predicted octanol–water partition coefficient (Wildman–Crippen LogP) is 1.10. The summed E-state index contributed by atoms with van der Waals surface area (Å²) in [5, 5.41) is 0. The molecule has 8 atom stereocenters. The molecule has 0 amide bonds. The molecular formula is C18H18O6. The van der Waals surface area contributed by atoms with Gasteiger partial charge in [-0.3, -0.25) is 19.2 Å². The van der Waals surface area contributed by atoms with E-state index < -0.39 is 47.5 Å². The predicted molar refractivity (Wildman–Crippen MR) is 77.7 cm³/mol. The van der Waals surface area contributed by atoms with Gasteiger partial charge in [0.25, 0.3) is 0 Å². The minimum Gasteiger partial charge on any atom is -0.393 e. The number of esters is 4. The van der Waals surface area contributed by atoms with Crippen LogP contribution in [0.1, 0.15) is 20.8 Å². The van der Waals surface area contributed by atoms with E-state index in [2.05, 4.69) is 26.8 Å². The lowest BCUT2D eigenvalue weighted by Gasteiger charge is -2.62. The van der Waals surface area contributed by atoms with Crippen LogP contribution in [-0.2, 0) is 28.7 Å². The van der Waals surface area contributed by atoms with Crippen molar-refractivity contribution >= 4 is 23.9 Å². The summed E-state index contributed by atoms with van der Waals surface area (Å²) in [6.45, 7) is 6.21. The Balaban J connectivity index is 1.68. The lowest BCUT2D eigenvalue weighted by molar-refractivity contribution is -0.170. The van der Waals surface area contributed by atoms with E-state index in [-0.39, 0.29) is 29.1 Å². The van der Waals surface area contributed by atoms with Gasteiger partial charge < -0.3 is 9.47 Å². The Morgan fingerprint density at radius 2 is 1.21 bits per heavy atom. The summed E-state index contributed by atoms with van der Waals surface area (Å²) in [5.74, 6) is -4.50. The molecule has 2 aliphatic heterocycles. The largest absolute Gasteiger partial charge is 0.393 e. The van der Waals surface area contributed by atoms with Gasteiger partial charge in [-0.25, -0.2) is 0 Å². The lowest BCUT2D eigenvalue weighted by atomic mass is 9.37. The Labute approximate surface area is 138 Å². The minimum atomic E-state index is -0.521. The van der Waals surface area contributed by atoms with Crippen LogP contribution < -0.4 is 0 Å². The van der Waals surface area contributed by atoms with Crippen molar-refractivity contribution in [3.8, 4) is 0 Å². The molecule has 2 saturated carbocycles. The zero-order valence-corrected chi connectivity index (χ0v) is 13.6. The van der Waals surface area contributed by atoms with Crippen molar-refractivity contribution < 1.29 is 28.7 Å². The van der Waals surface area contributed by atoms with Crippen molar-refractivity contribution in [3.63, 3.8) is 0 Å². The number of allylic oxidation sites excluding steroid dienone is 2. The third-order valence-electron chi connectivity index (χ3n) is 6.80. The molecule has 2 heterocycles. The van der Waals surface area contributed by atoms with Crippen molar-refractivity contribution in [2.24, 2.45) is 52.8 Å². The van der Waals surface area contributed by atoms with Gasteiger partial charge in [-0.1, -0.05) is 32.4 Å². The molecule has 0 spiro atoms. The smallest absolute Gasteiger partial charge is 0.318 e. The average molecular weight is 330 g/mol. The molecule has 6 rings (SSSR count). The monoisotopic (exact) mass is 330 g/mol. The number of hydrogen-bond acceptors (Lipinski definition) is 6. The van der Waals surface area contributed by atoms with Crippen LogP contribution >= 0.6 is 0 Å². The van der Waals surface area contributed by atoms with Crippen LogP contribution in [0, 0.1) is 52.8 Å².